The molecule has 10 heteroatoms. The fourth-order valence-electron chi connectivity index (χ4n) is 2.39. The molecule has 0 aliphatic carbocycles. The van der Waals surface area contributed by atoms with E-state index in [9.17, 15) is 9.59 Å². The van der Waals surface area contributed by atoms with Gasteiger partial charge in [-0.15, -0.1) is 0 Å². The third-order valence-electron chi connectivity index (χ3n) is 3.58. The van der Waals surface area contributed by atoms with E-state index in [0.29, 0.717) is 0 Å². The number of carbonyl (C=O) groups is 2. The lowest BCUT2D eigenvalue weighted by molar-refractivity contribution is -0.162. The Hall–Kier alpha value is -1.31. The summed E-state index contributed by atoms with van der Waals surface area (Å²) >= 11 is 0. The largest absolute Gasteiger partial charge is 0.439 e. The second kappa shape index (κ2) is 19.9. The Morgan fingerprint density at radius 3 is 1.50 bits per heavy atom. The molecule has 0 radical (unpaired) electrons. The van der Waals surface area contributed by atoms with Crippen LogP contribution in [0.2, 0.25) is 45.8 Å². The first kappa shape index (κ1) is 46.1. The van der Waals surface area contributed by atoms with Gasteiger partial charge in [0.2, 0.25) is 8.32 Å². The van der Waals surface area contributed by atoms with Crippen LogP contribution in [0.15, 0.2) is 30.3 Å². The van der Waals surface area contributed by atoms with Crippen LogP contribution in [0.1, 0.15) is 51.0 Å². The molecule has 34 heavy (non-hydrogen) atoms. The van der Waals surface area contributed by atoms with Gasteiger partial charge in [-0.05, 0) is 51.0 Å². The van der Waals surface area contributed by atoms with Crippen molar-refractivity contribution < 1.29 is 32.0 Å². The van der Waals surface area contributed by atoms with Crippen molar-refractivity contribution in [2.45, 2.75) is 96.8 Å². The average Bonchev–Trinajstić information content (AvgIpc) is 2.52. The molecule has 7 nitrogen and oxygen atoms in total. The van der Waals surface area contributed by atoms with Crippen LogP contribution in [-0.4, -0.2) is 50.7 Å². The van der Waals surface area contributed by atoms with E-state index in [2.05, 4.69) is 19.6 Å². The van der Waals surface area contributed by atoms with Crippen LogP contribution in [0.3, 0.4) is 0 Å². The number of benzene rings is 1. The van der Waals surface area contributed by atoms with Crippen molar-refractivity contribution in [1.82, 2.24) is 0 Å². The molecule has 0 amide bonds. The minimum atomic E-state index is -2.37. The van der Waals surface area contributed by atoms with E-state index in [1.807, 2.05) is 56.5 Å². The van der Waals surface area contributed by atoms with Gasteiger partial charge in [0.05, 0.1) is 0 Å². The zero-order valence-electron chi connectivity index (χ0n) is 17.9. The molecule has 0 bridgehead atoms. The lowest BCUT2D eigenvalue weighted by Crippen LogP contribution is -2.45. The molecular weight excluding hydrogens is 485 g/mol. The Morgan fingerprint density at radius 2 is 1.09 bits per heavy atom. The lowest BCUT2D eigenvalue weighted by Gasteiger charge is -2.30. The molecule has 0 saturated heterocycles. The maximum atomic E-state index is 11.8. The Kier molecular flexibility index (Phi) is 27.0. The Bertz CT molecular complexity index is 646. The number of rotatable bonds is 11. The first-order valence-corrected chi connectivity index (χ1v) is 18.3. The second-order valence-corrected chi connectivity index (χ2v) is 20.2. The van der Waals surface area contributed by atoms with Gasteiger partial charge in [-0.1, -0.05) is 74.9 Å². The van der Waals surface area contributed by atoms with Crippen LogP contribution in [0.5, 0.6) is 0 Å². The van der Waals surface area contributed by atoms with Crippen molar-refractivity contribution in [2.24, 2.45) is 0 Å². The van der Waals surface area contributed by atoms with E-state index < -0.39 is 43.6 Å². The molecular formula is C24H56O7Si3. The minimum Gasteiger partial charge on any atom is -0.439 e. The maximum absolute atomic E-state index is 11.8. The van der Waals surface area contributed by atoms with E-state index in [-0.39, 0.29) is 58.1 Å². The molecule has 0 N–H and O–H groups in total. The van der Waals surface area contributed by atoms with Gasteiger partial charge in [-0.25, -0.2) is 0 Å². The number of hydrogen-bond acceptors (Lipinski definition) is 7. The van der Waals surface area contributed by atoms with Crippen LogP contribution >= 0.6 is 0 Å². The standard InChI is InChI=1S/C18H32O7Si3.6CH4/c1-26(2,3)25-28(6,7)24-15-22-18(20)13-17(19)21-14-23-27(4,5)16-11-9-8-10-12-16;;;;;;/h8-12H,13-15H2,1-7H3;6*1H4. The summed E-state index contributed by atoms with van der Waals surface area (Å²) in [7, 11) is -6.27. The van der Waals surface area contributed by atoms with Crippen molar-refractivity contribution in [3.63, 3.8) is 0 Å². The van der Waals surface area contributed by atoms with Crippen molar-refractivity contribution >= 4 is 42.3 Å². The van der Waals surface area contributed by atoms with Gasteiger partial charge in [0.1, 0.15) is 6.42 Å². The van der Waals surface area contributed by atoms with Crippen LogP contribution in [0, 0.1) is 0 Å². The van der Waals surface area contributed by atoms with Gasteiger partial charge in [0.25, 0.3) is 0 Å². The first-order chi connectivity index (χ1) is 12.8. The van der Waals surface area contributed by atoms with Crippen LogP contribution < -0.4 is 5.19 Å². The number of ether oxygens (including phenoxy) is 2. The van der Waals surface area contributed by atoms with Crippen molar-refractivity contribution in [3.8, 4) is 0 Å². The quantitative estimate of drug-likeness (QED) is 0.131. The van der Waals surface area contributed by atoms with Crippen molar-refractivity contribution in [3.05, 3.63) is 30.3 Å². The normalized spacial score (nSPS) is 10.3. The van der Waals surface area contributed by atoms with E-state index in [4.69, 9.17) is 22.4 Å². The first-order valence-electron chi connectivity index (χ1n) is 9.16. The van der Waals surface area contributed by atoms with Gasteiger partial charge in [-0.3, -0.25) is 9.59 Å². The molecule has 0 aromatic heterocycles. The Morgan fingerprint density at radius 1 is 0.676 bits per heavy atom. The number of carbonyl (C=O) groups excluding carboxylic acids is 2. The Balaban J connectivity index is -0.000000327. The molecule has 1 rings (SSSR count). The van der Waals surface area contributed by atoms with Crippen molar-refractivity contribution in [1.29, 1.82) is 0 Å². The highest BCUT2D eigenvalue weighted by molar-refractivity contribution is 6.84. The third kappa shape index (κ3) is 20.1. The molecule has 0 atom stereocenters. The fraction of sp³-hybridized carbons (Fsp3) is 0.667. The maximum Gasteiger partial charge on any atom is 0.324 e. The molecule has 0 heterocycles. The summed E-state index contributed by atoms with van der Waals surface area (Å²) < 4.78 is 27.3. The third-order valence-corrected chi connectivity index (χ3v) is 11.4. The van der Waals surface area contributed by atoms with E-state index in [1.165, 1.54) is 0 Å². The second-order valence-electron chi connectivity index (χ2n) is 8.22. The van der Waals surface area contributed by atoms with Crippen LogP contribution in [-0.2, 0) is 32.0 Å². The number of hydrogen-bond donors (Lipinski definition) is 0. The number of esters is 2. The van der Waals surface area contributed by atoms with Gasteiger partial charge in [0, 0.05) is 0 Å². The fourth-order valence-corrected chi connectivity index (χ4v) is 10.4. The average molecular weight is 541 g/mol. The lowest BCUT2D eigenvalue weighted by atomic mass is 10.4. The molecule has 0 fully saturated rings. The van der Waals surface area contributed by atoms with E-state index in [0.717, 1.165) is 5.19 Å². The molecule has 1 aromatic rings. The predicted octanol–water partition coefficient (Wildman–Crippen LogP) is 6.89. The molecule has 0 spiro atoms. The highest BCUT2D eigenvalue weighted by Crippen LogP contribution is 2.15. The minimum absolute atomic E-state index is 0. The molecule has 0 aliphatic heterocycles. The summed E-state index contributed by atoms with van der Waals surface area (Å²) in [6.07, 6.45) is -0.489. The molecule has 0 aliphatic rings. The van der Waals surface area contributed by atoms with Gasteiger partial charge < -0.3 is 22.4 Å². The topological polar surface area (TPSA) is 80.3 Å². The van der Waals surface area contributed by atoms with E-state index >= 15 is 0 Å². The van der Waals surface area contributed by atoms with Crippen LogP contribution in [0.4, 0.5) is 0 Å². The SMILES string of the molecule is C.C.C.C.C.C.C[Si](C)(C)O[Si](C)(C)OCOC(=O)CC(=O)OCO[Si](C)(C)c1ccccc1. The molecule has 0 saturated carbocycles. The molecule has 206 valence electrons. The summed E-state index contributed by atoms with van der Waals surface area (Å²) in [5, 5.41) is 1.09. The summed E-state index contributed by atoms with van der Waals surface area (Å²) in [5.74, 6) is -1.40. The van der Waals surface area contributed by atoms with Gasteiger partial charge in [-0.2, -0.15) is 0 Å². The van der Waals surface area contributed by atoms with Gasteiger partial charge >= 0.3 is 20.5 Å². The Labute approximate surface area is 215 Å². The highest BCUT2D eigenvalue weighted by atomic mass is 28.4. The zero-order chi connectivity index (χ0) is 21.4. The summed E-state index contributed by atoms with van der Waals surface area (Å²) in [4.78, 5) is 23.5. The molecule has 0 unspecified atom stereocenters. The van der Waals surface area contributed by atoms with Crippen molar-refractivity contribution in [2.75, 3.05) is 13.6 Å². The smallest absolute Gasteiger partial charge is 0.324 e. The van der Waals surface area contributed by atoms with Gasteiger partial charge in [0.15, 0.2) is 21.9 Å². The highest BCUT2D eigenvalue weighted by Gasteiger charge is 2.32. The summed E-state index contributed by atoms with van der Waals surface area (Å²) in [5.41, 5.74) is 0. The zero-order valence-corrected chi connectivity index (χ0v) is 20.9. The molecule has 1 aromatic carbocycles. The monoisotopic (exact) mass is 540 g/mol. The van der Waals surface area contributed by atoms with E-state index in [1.54, 1.807) is 0 Å². The summed E-state index contributed by atoms with van der Waals surface area (Å²) in [6, 6.07) is 9.79. The summed E-state index contributed by atoms with van der Waals surface area (Å²) in [6.45, 7) is 13.6. The predicted molar refractivity (Wildman–Crippen MR) is 155 cm³/mol. The van der Waals surface area contributed by atoms with Crippen LogP contribution in [0.25, 0.3) is 0 Å².